The molecule has 0 aliphatic carbocycles. The molecular formula is C48H40Br2N2O4. The van der Waals surface area contributed by atoms with Crippen LogP contribution in [0.1, 0.15) is 117 Å². The van der Waals surface area contributed by atoms with Crippen molar-refractivity contribution >= 4 is 110 Å². The second-order valence-electron chi connectivity index (χ2n) is 15.1. The van der Waals surface area contributed by atoms with Crippen LogP contribution >= 0.6 is 31.9 Å². The molecule has 280 valence electrons. The predicted molar refractivity (Wildman–Crippen MR) is 234 cm³/mol. The van der Waals surface area contributed by atoms with E-state index in [1.54, 1.807) is 0 Å². The summed E-state index contributed by atoms with van der Waals surface area (Å²) in [6.07, 6.45) is 6.53. The molecule has 0 spiro atoms. The number of carbonyl (C=O) groups is 4. The first-order valence-corrected chi connectivity index (χ1v) is 21.3. The van der Waals surface area contributed by atoms with Gasteiger partial charge in [-0.05, 0) is 83.0 Å². The van der Waals surface area contributed by atoms with Gasteiger partial charge in [-0.2, -0.15) is 0 Å². The second-order valence-corrected chi connectivity index (χ2v) is 16.8. The number of hydrogen-bond donors (Lipinski definition) is 0. The number of imide groups is 2. The van der Waals surface area contributed by atoms with Crippen molar-refractivity contribution in [3.63, 3.8) is 0 Å². The van der Waals surface area contributed by atoms with Crippen molar-refractivity contribution in [2.75, 3.05) is 9.80 Å². The zero-order chi connectivity index (χ0) is 39.2. The van der Waals surface area contributed by atoms with Gasteiger partial charge in [-0.3, -0.25) is 19.2 Å². The van der Waals surface area contributed by atoms with E-state index in [9.17, 15) is 19.2 Å². The third-order valence-electron chi connectivity index (χ3n) is 11.7. The minimum absolute atomic E-state index is 0.333. The Bertz CT molecular complexity index is 2630. The van der Waals surface area contributed by atoms with E-state index in [1.165, 1.54) is 9.80 Å². The van der Waals surface area contributed by atoms with E-state index >= 15 is 0 Å². The van der Waals surface area contributed by atoms with Crippen molar-refractivity contribution < 1.29 is 19.2 Å². The van der Waals surface area contributed by atoms with E-state index in [1.807, 2.05) is 72.8 Å². The van der Waals surface area contributed by atoms with Gasteiger partial charge >= 0.3 is 0 Å². The molecule has 0 N–H and O–H groups in total. The SMILES string of the molecule is CCCc1cccc(CCC)c1N1C(=O)c2ccc3c4c(Br)cc5c6c(ccc(c7c(Br)cc(c2c37)C1=O)c64)C(=O)N(c1c(CCC)cccc1CCC)C5=O. The third-order valence-corrected chi connectivity index (χ3v) is 12.9. The maximum atomic E-state index is 14.8. The molecule has 0 fully saturated rings. The number of fused-ring (bicyclic) bond motifs is 2. The number of halogens is 2. The van der Waals surface area contributed by atoms with Crippen LogP contribution in [-0.2, 0) is 25.7 Å². The topological polar surface area (TPSA) is 74.8 Å². The molecule has 56 heavy (non-hydrogen) atoms. The number of para-hydroxylation sites is 2. The van der Waals surface area contributed by atoms with Crippen LogP contribution in [-0.4, -0.2) is 23.6 Å². The first-order valence-electron chi connectivity index (χ1n) is 19.7. The lowest BCUT2D eigenvalue weighted by Crippen LogP contribution is -2.42. The lowest BCUT2D eigenvalue weighted by molar-refractivity contribution is 0.0877. The summed E-state index contributed by atoms with van der Waals surface area (Å²) >= 11 is 7.77. The van der Waals surface area contributed by atoms with Crippen molar-refractivity contribution in [3.8, 4) is 0 Å². The van der Waals surface area contributed by atoms with Crippen LogP contribution in [0.3, 0.4) is 0 Å². The first-order chi connectivity index (χ1) is 27.2. The smallest absolute Gasteiger partial charge is 0.266 e. The summed E-state index contributed by atoms with van der Waals surface area (Å²) in [4.78, 5) is 61.9. The Morgan fingerprint density at radius 2 is 0.732 bits per heavy atom. The number of carbonyl (C=O) groups excluding carboxylic acids is 4. The van der Waals surface area contributed by atoms with Gasteiger partial charge in [0, 0.05) is 52.4 Å². The van der Waals surface area contributed by atoms with Crippen molar-refractivity contribution in [1.29, 1.82) is 0 Å². The minimum atomic E-state index is -0.343. The lowest BCUT2D eigenvalue weighted by atomic mass is 9.81. The monoisotopic (exact) mass is 866 g/mol. The zero-order valence-corrected chi connectivity index (χ0v) is 35.0. The summed E-state index contributed by atoms with van der Waals surface area (Å²) in [5.74, 6) is -1.35. The molecule has 6 nitrogen and oxygen atoms in total. The summed E-state index contributed by atoms with van der Waals surface area (Å²) in [7, 11) is 0. The summed E-state index contributed by atoms with van der Waals surface area (Å²) in [6.45, 7) is 8.42. The fourth-order valence-corrected chi connectivity index (χ4v) is 10.8. The fourth-order valence-electron chi connectivity index (χ4n) is 9.52. The van der Waals surface area contributed by atoms with Gasteiger partial charge in [0.1, 0.15) is 0 Å². The van der Waals surface area contributed by atoms with E-state index in [0.29, 0.717) is 53.3 Å². The largest absolute Gasteiger partial charge is 0.268 e. The number of benzene rings is 7. The molecule has 2 aliphatic rings. The number of aryl methyl sites for hydroxylation is 4. The van der Waals surface area contributed by atoms with Gasteiger partial charge < -0.3 is 0 Å². The molecule has 0 unspecified atom stereocenters. The normalized spacial score (nSPS) is 14.2. The second kappa shape index (κ2) is 13.9. The molecule has 0 radical (unpaired) electrons. The van der Waals surface area contributed by atoms with Gasteiger partial charge in [0.2, 0.25) is 0 Å². The van der Waals surface area contributed by atoms with E-state index in [0.717, 1.165) is 106 Å². The molecule has 4 amide bonds. The fraction of sp³-hybridized carbons (Fsp3) is 0.250. The number of amides is 4. The van der Waals surface area contributed by atoms with Gasteiger partial charge in [-0.15, -0.1) is 0 Å². The zero-order valence-electron chi connectivity index (χ0n) is 31.9. The van der Waals surface area contributed by atoms with Gasteiger partial charge in [0.05, 0.1) is 22.5 Å². The maximum Gasteiger partial charge on any atom is 0.266 e. The highest BCUT2D eigenvalue weighted by Crippen LogP contribution is 2.51. The van der Waals surface area contributed by atoms with Crippen LogP contribution < -0.4 is 9.80 Å². The lowest BCUT2D eigenvalue weighted by Gasteiger charge is -2.33. The summed E-state index contributed by atoms with van der Waals surface area (Å²) in [5, 5.41) is 6.17. The van der Waals surface area contributed by atoms with Crippen LogP contribution in [0.15, 0.2) is 81.7 Å². The van der Waals surface area contributed by atoms with Crippen LogP contribution in [0.5, 0.6) is 0 Å². The molecule has 7 aromatic rings. The van der Waals surface area contributed by atoms with Gasteiger partial charge in [-0.1, -0.05) is 134 Å². The quantitative estimate of drug-likeness (QED) is 0.0780. The molecular weight excluding hydrogens is 828 g/mol. The Labute approximate surface area is 342 Å². The summed E-state index contributed by atoms with van der Waals surface area (Å²) in [6, 6.07) is 23.5. The Morgan fingerprint density at radius 1 is 0.411 bits per heavy atom. The molecule has 0 bridgehead atoms. The van der Waals surface area contributed by atoms with E-state index in [-0.39, 0.29) is 23.6 Å². The standard InChI is InChI=1S/C48H40Br2N2O4/c1-5-11-25-15-9-16-26(12-6-2)43(25)51-45(53)31-21-19-29-40-36(50)24-34-38-32(22-20-30(42(38)40)39-35(49)23-33(47(51)55)37(31)41(29)39)46(54)52(48(34)56)44-27(13-7-3)17-10-18-28(44)14-8-4/h9-10,15-24H,5-8,11-14H2,1-4H3. The van der Waals surface area contributed by atoms with Gasteiger partial charge in [0.25, 0.3) is 23.6 Å². The molecule has 0 aromatic heterocycles. The maximum absolute atomic E-state index is 14.8. The van der Waals surface area contributed by atoms with Crippen molar-refractivity contribution in [3.05, 3.63) is 126 Å². The van der Waals surface area contributed by atoms with Crippen LogP contribution in [0.4, 0.5) is 11.4 Å². The average Bonchev–Trinajstić information content (AvgIpc) is 3.18. The third kappa shape index (κ3) is 5.10. The predicted octanol–water partition coefficient (Wildman–Crippen LogP) is 12.7. The van der Waals surface area contributed by atoms with Crippen molar-refractivity contribution in [1.82, 2.24) is 0 Å². The molecule has 0 atom stereocenters. The van der Waals surface area contributed by atoms with E-state index in [4.69, 9.17) is 0 Å². The Morgan fingerprint density at radius 3 is 1.05 bits per heavy atom. The molecule has 2 aliphatic heterocycles. The number of hydrogen-bond acceptors (Lipinski definition) is 4. The Hall–Kier alpha value is -4.92. The highest BCUT2D eigenvalue weighted by molar-refractivity contribution is 9.11. The molecule has 0 saturated heterocycles. The minimum Gasteiger partial charge on any atom is -0.268 e. The molecule has 0 saturated carbocycles. The van der Waals surface area contributed by atoms with Crippen LogP contribution in [0, 0.1) is 0 Å². The highest BCUT2D eigenvalue weighted by Gasteiger charge is 2.40. The Balaban J connectivity index is 1.30. The van der Waals surface area contributed by atoms with Gasteiger partial charge in [-0.25, -0.2) is 9.80 Å². The summed E-state index contributed by atoms with van der Waals surface area (Å²) in [5.41, 5.74) is 7.23. The number of anilines is 2. The van der Waals surface area contributed by atoms with Crippen molar-refractivity contribution in [2.24, 2.45) is 0 Å². The summed E-state index contributed by atoms with van der Waals surface area (Å²) < 4.78 is 1.40. The first kappa shape index (κ1) is 36.7. The van der Waals surface area contributed by atoms with E-state index in [2.05, 4.69) is 59.6 Å². The molecule has 9 rings (SSSR count). The van der Waals surface area contributed by atoms with Crippen molar-refractivity contribution in [2.45, 2.75) is 79.1 Å². The number of rotatable bonds is 10. The average molecular weight is 869 g/mol. The molecule has 7 aromatic carbocycles. The van der Waals surface area contributed by atoms with Crippen LogP contribution in [0.2, 0.25) is 0 Å². The van der Waals surface area contributed by atoms with Gasteiger partial charge in [0.15, 0.2) is 0 Å². The van der Waals surface area contributed by atoms with Crippen LogP contribution in [0.25, 0.3) is 43.1 Å². The molecule has 2 heterocycles. The van der Waals surface area contributed by atoms with E-state index < -0.39 is 0 Å². The Kier molecular flexibility index (Phi) is 9.13. The molecule has 8 heteroatoms. The number of nitrogens with zero attached hydrogens (tertiary/aromatic N) is 2. The highest BCUT2D eigenvalue weighted by atomic mass is 79.9.